The van der Waals surface area contributed by atoms with Gasteiger partial charge in [-0.1, -0.05) is 45.2 Å². The fraction of sp³-hybridized carbons (Fsp3) is 0.557. The molecular formula is C88H104ClF11N24O6. The molecule has 15 rings (SSSR count). The third-order valence-electron chi connectivity index (χ3n) is 25.3. The van der Waals surface area contributed by atoms with Crippen molar-refractivity contribution in [3.63, 3.8) is 0 Å². The van der Waals surface area contributed by atoms with E-state index in [1.165, 1.54) is 34.2 Å². The van der Waals surface area contributed by atoms with E-state index >= 15 is 0 Å². The molecule has 0 saturated carbocycles. The summed E-state index contributed by atoms with van der Waals surface area (Å²) in [5.74, 6) is -0.818. The summed E-state index contributed by atoms with van der Waals surface area (Å²) >= 11 is 5.96. The maximum atomic E-state index is 14.4. The molecule has 6 aromatic rings. The number of ether oxygens (including phenoxy) is 3. The number of anilines is 6. The lowest BCUT2D eigenvalue weighted by Crippen LogP contribution is -2.56. The third-order valence-corrected chi connectivity index (χ3v) is 25.6. The number of nitrogens with zero attached hydrogens (tertiary/aromatic N) is 24. The summed E-state index contributed by atoms with van der Waals surface area (Å²) in [5.41, 5.74) is -0.640. The third kappa shape index (κ3) is 21.8. The van der Waals surface area contributed by atoms with Crippen LogP contribution in [0.4, 0.5) is 82.8 Å². The van der Waals surface area contributed by atoms with E-state index < -0.39 is 64.0 Å². The zero-order valence-electron chi connectivity index (χ0n) is 73.2. The number of hydrogen-bond acceptors (Lipinski definition) is 24. The molecule has 3 amide bonds. The fourth-order valence-electron chi connectivity index (χ4n) is 19.0. The molecule has 0 N–H and O–H groups in total. The Labute approximate surface area is 752 Å². The van der Waals surface area contributed by atoms with E-state index in [0.29, 0.717) is 163 Å². The smallest absolute Gasteiger partial charge is 0.421 e. The largest absolute Gasteiger partial charge is 0.462 e. The standard InChI is InChI=1S/C31H38F4N8O2.C29H34F4N8O2.C28H32ClF3N8O2/c1-6-27(44)42-10-9-41(16-22(42)12-36-5)29-23-7-8-40(26-14-37-13-24(32)28(26)31(33,34)35)17-25(23)38-30(39-29)45-18-21-11-20(4)15-43(21)19(2)3;1-5-25(42)41-9-8-40(15-20(41)11-34-3)27-21-6-7-39(24-13-35-12-22(30)26(24)29(31,32)33)16-23(21)36-28(37-27)43-17-19-10-18(2)14-38(19)4;1-4-24(41)40-11-10-39(15-19(40)12-33-2)26-20-7-9-38(23-14-34-13-21(29)25(23)28(30,31)32)16-22(20)35-27(36-26)42-17-18-6-5-8-37(18)3/h6,13-14,19-22H,1,7-12,15-18H2,2-4H3;5,12-13,18-20H,1,6-11,14-17H2,2,4H3;4,13-14,18-19H,1,5-12,15-17H2,3H3/t20-,21+,22+;18-,19+,20+;18-,19-/m110/s1. The van der Waals surface area contributed by atoms with Gasteiger partial charge in [0, 0.05) is 139 Å². The van der Waals surface area contributed by atoms with Gasteiger partial charge >= 0.3 is 36.6 Å². The molecule has 30 nitrogen and oxygen atoms in total. The van der Waals surface area contributed by atoms with Crippen LogP contribution < -0.4 is 43.6 Å². The van der Waals surface area contributed by atoms with Crippen LogP contribution in [0, 0.1) is 43.2 Å². The lowest BCUT2D eigenvalue weighted by Gasteiger charge is -2.41. The minimum absolute atomic E-state index is 0.0316. The molecule has 0 bridgehead atoms. The van der Waals surface area contributed by atoms with Crippen molar-refractivity contribution in [3.8, 4) is 18.0 Å². The Balaban J connectivity index is 0.000000166. The fourth-order valence-corrected chi connectivity index (χ4v) is 19.2. The number of hydrogen-bond donors (Lipinski definition) is 0. The van der Waals surface area contributed by atoms with Gasteiger partial charge in [-0.25, -0.2) is 28.5 Å². The second-order valence-corrected chi connectivity index (χ2v) is 34.7. The van der Waals surface area contributed by atoms with Crippen molar-refractivity contribution >= 4 is 63.8 Å². The lowest BCUT2D eigenvalue weighted by molar-refractivity contribution is -0.140. The molecule has 9 aliphatic heterocycles. The Hall–Kier alpha value is -11.6. The summed E-state index contributed by atoms with van der Waals surface area (Å²) in [6.45, 7) is 49.9. The number of pyridine rings is 3. The van der Waals surface area contributed by atoms with Crippen molar-refractivity contribution in [1.82, 2.24) is 74.3 Å². The number of fused-ring (bicyclic) bond motifs is 3. The first-order chi connectivity index (χ1) is 62.0. The highest BCUT2D eigenvalue weighted by atomic mass is 35.5. The number of halogens is 12. The van der Waals surface area contributed by atoms with Gasteiger partial charge in [0.25, 0.3) is 0 Å². The van der Waals surface area contributed by atoms with Crippen molar-refractivity contribution in [2.45, 2.75) is 153 Å². The molecule has 9 aliphatic rings. The highest BCUT2D eigenvalue weighted by molar-refractivity contribution is 6.31. The number of amides is 3. The topological polar surface area (TPSA) is 247 Å². The van der Waals surface area contributed by atoms with Crippen LogP contribution in [0.2, 0.25) is 5.02 Å². The monoisotopic (exact) mass is 1840 g/mol. The first kappa shape index (κ1) is 96.0. The van der Waals surface area contributed by atoms with E-state index in [4.69, 9.17) is 60.5 Å². The number of piperazine rings is 3. The highest BCUT2D eigenvalue weighted by Crippen LogP contribution is 2.46. The maximum Gasteiger partial charge on any atom is 0.421 e. The SMILES string of the molecule is [C-]#[N+]C[C@H]1CN(c2nc(OC[C@@H]3CCCN3C)nc3c2CCN(c2cncc(Cl)c2C(F)(F)F)C3)CCN1C(=O)C=C.[C-]#[N+]C[C@H]1CN(c2nc(OC[C@@H]3C[C@@H](C)CN3C(C)C)nc3c2CCN(c2cncc(F)c2C(F)(F)F)C3)CCN1C(=O)C=C.[C-]#[N+]C[C@H]1CN(c2nc(OC[C@@H]3C[C@@H](C)CN3C)nc3c2CCN(c2cncc(F)c2C(F)(F)F)C3)CCN1C(=O)C=C. The van der Waals surface area contributed by atoms with Gasteiger partial charge < -0.3 is 77.7 Å². The van der Waals surface area contributed by atoms with E-state index in [1.54, 1.807) is 19.6 Å². The molecule has 6 fully saturated rings. The number of carbonyl (C=O) groups excluding carboxylic acids is 3. The van der Waals surface area contributed by atoms with Crippen molar-refractivity contribution < 1.29 is 76.9 Å². The van der Waals surface area contributed by atoms with Crippen LogP contribution in [-0.4, -0.2) is 286 Å². The first-order valence-corrected chi connectivity index (χ1v) is 43.5. The summed E-state index contributed by atoms with van der Waals surface area (Å²) in [6, 6.07) is 0.0619. The molecule has 130 heavy (non-hydrogen) atoms. The van der Waals surface area contributed by atoms with Crippen LogP contribution in [0.1, 0.15) is 104 Å². The molecule has 6 aromatic heterocycles. The molecule has 6 saturated heterocycles. The highest BCUT2D eigenvalue weighted by Gasteiger charge is 2.46. The maximum absolute atomic E-state index is 14.4. The average Bonchev–Trinajstić information content (AvgIpc) is 0.814. The summed E-state index contributed by atoms with van der Waals surface area (Å²) in [7, 11) is 4.07. The second kappa shape index (κ2) is 41.2. The predicted molar refractivity (Wildman–Crippen MR) is 463 cm³/mol. The van der Waals surface area contributed by atoms with Crippen molar-refractivity contribution in [2.24, 2.45) is 11.8 Å². The van der Waals surface area contributed by atoms with E-state index in [9.17, 15) is 62.7 Å². The minimum Gasteiger partial charge on any atom is -0.462 e. The molecular weight excluding hydrogens is 1730 g/mol. The number of rotatable bonds is 22. The van der Waals surface area contributed by atoms with Crippen LogP contribution in [0.25, 0.3) is 14.5 Å². The second-order valence-electron chi connectivity index (χ2n) is 34.3. The predicted octanol–water partition coefficient (Wildman–Crippen LogP) is 11.3. The van der Waals surface area contributed by atoms with Crippen LogP contribution in [0.5, 0.6) is 18.0 Å². The Morgan fingerprint density at radius 1 is 0.462 bits per heavy atom. The summed E-state index contributed by atoms with van der Waals surface area (Å²) in [6.07, 6.45) is -0.470. The Kier molecular flexibility index (Phi) is 30.4. The average molecular weight is 1840 g/mol. The molecule has 0 aliphatic carbocycles. The molecule has 0 unspecified atom stereocenters. The molecule has 42 heteroatoms. The Morgan fingerprint density at radius 2 is 0.815 bits per heavy atom. The Bertz CT molecular complexity index is 5270. The number of likely N-dealkylation sites (N-methyl/N-ethyl adjacent to an activating group) is 2. The number of likely N-dealkylation sites (tertiary alicyclic amines) is 3. The first-order valence-electron chi connectivity index (χ1n) is 43.2. The Morgan fingerprint density at radius 3 is 1.15 bits per heavy atom. The van der Waals surface area contributed by atoms with Gasteiger partial charge in [0.2, 0.25) is 37.4 Å². The van der Waals surface area contributed by atoms with Gasteiger partial charge in [-0.3, -0.25) is 39.1 Å². The van der Waals surface area contributed by atoms with Gasteiger partial charge in [-0.05, 0) is 109 Å². The van der Waals surface area contributed by atoms with Crippen molar-refractivity contribution in [1.29, 1.82) is 0 Å². The summed E-state index contributed by atoms with van der Waals surface area (Å²) < 4.78 is 172. The quantitative estimate of drug-likeness (QED) is 0.0348. The van der Waals surface area contributed by atoms with Crippen molar-refractivity contribution in [3.05, 3.63) is 177 Å². The van der Waals surface area contributed by atoms with Gasteiger partial charge in [-0.2, -0.15) is 69.4 Å². The van der Waals surface area contributed by atoms with E-state index in [0.717, 1.165) is 80.6 Å². The summed E-state index contributed by atoms with van der Waals surface area (Å²) in [4.78, 5) is 110. The van der Waals surface area contributed by atoms with Crippen LogP contribution in [-0.2, 0) is 71.8 Å². The minimum atomic E-state index is -4.91. The molecule has 15 heterocycles. The number of aromatic nitrogens is 9. The molecule has 0 spiro atoms. The number of carbonyl (C=O) groups is 3. The lowest BCUT2D eigenvalue weighted by atomic mass is 10.0. The summed E-state index contributed by atoms with van der Waals surface area (Å²) in [5, 5.41) is -0.461. The van der Waals surface area contributed by atoms with Gasteiger partial charge in [0.1, 0.15) is 72.1 Å². The molecule has 0 aromatic carbocycles. The van der Waals surface area contributed by atoms with Gasteiger partial charge in [0.05, 0.1) is 89.8 Å². The molecule has 8 atom stereocenters. The zero-order chi connectivity index (χ0) is 93.4. The van der Waals surface area contributed by atoms with Crippen LogP contribution >= 0.6 is 11.6 Å². The van der Waals surface area contributed by atoms with Crippen LogP contribution in [0.15, 0.2) is 75.1 Å². The molecule has 696 valence electrons. The molecule has 0 radical (unpaired) electrons. The van der Waals surface area contributed by atoms with Gasteiger partial charge in [-0.15, -0.1) is 0 Å². The van der Waals surface area contributed by atoms with E-state index in [-0.39, 0.29) is 136 Å². The normalized spacial score (nSPS) is 22.1. The van der Waals surface area contributed by atoms with Crippen molar-refractivity contribution in [2.75, 3.05) is 181 Å². The van der Waals surface area contributed by atoms with Crippen LogP contribution in [0.3, 0.4) is 0 Å². The van der Waals surface area contributed by atoms with E-state index in [1.807, 2.05) is 28.8 Å². The zero-order valence-corrected chi connectivity index (χ0v) is 73.9. The van der Waals surface area contributed by atoms with E-state index in [2.05, 4.69) is 107 Å². The number of alkyl halides is 9. The van der Waals surface area contributed by atoms with Gasteiger partial charge in [0.15, 0.2) is 11.6 Å².